The van der Waals surface area contributed by atoms with Crippen LogP contribution >= 0.6 is 11.3 Å². The van der Waals surface area contributed by atoms with E-state index in [-0.39, 0.29) is 24.4 Å². The van der Waals surface area contributed by atoms with Gasteiger partial charge in [0.2, 0.25) is 0 Å². The fraction of sp³-hybridized carbons (Fsp3) is 0.304. The number of nitrogens with one attached hydrogen (secondary N) is 1. The summed E-state index contributed by atoms with van der Waals surface area (Å²) in [6.07, 6.45) is 2.07. The number of carbonyl (C=O) groups is 1. The van der Waals surface area contributed by atoms with Crippen LogP contribution in [0.3, 0.4) is 0 Å². The number of amides is 1. The van der Waals surface area contributed by atoms with Crippen LogP contribution in [0.25, 0.3) is 11.3 Å². The van der Waals surface area contributed by atoms with Crippen molar-refractivity contribution in [3.05, 3.63) is 52.6 Å². The summed E-state index contributed by atoms with van der Waals surface area (Å²) in [5.41, 5.74) is 3.11. The molecule has 3 heterocycles. The Morgan fingerprint density at radius 2 is 2.09 bits per heavy atom. The number of rotatable bonds is 6. The quantitative estimate of drug-likeness (QED) is 0.570. The minimum atomic E-state index is -2.87. The molecule has 0 aliphatic carbocycles. The lowest BCUT2D eigenvalue weighted by molar-refractivity contribution is -0.118. The maximum atomic E-state index is 12.4. The molecule has 1 amide bonds. The minimum Gasteiger partial charge on any atom is -0.482 e. The molecule has 0 radical (unpaired) electrons. The van der Waals surface area contributed by atoms with Crippen molar-refractivity contribution >= 4 is 28.6 Å². The number of halogens is 2. The van der Waals surface area contributed by atoms with Gasteiger partial charge in [0.15, 0.2) is 11.4 Å². The summed E-state index contributed by atoms with van der Waals surface area (Å²) in [4.78, 5) is 17.2. The molecule has 7 nitrogen and oxygen atoms in total. The molecule has 1 fully saturated rings. The van der Waals surface area contributed by atoms with E-state index in [2.05, 4.69) is 14.6 Å². The van der Waals surface area contributed by atoms with Gasteiger partial charge in [-0.05, 0) is 55.3 Å². The Hall–Kier alpha value is -3.24. The van der Waals surface area contributed by atoms with E-state index in [4.69, 9.17) is 14.5 Å². The number of nitrogens with zero attached hydrogens (tertiary/aromatic N) is 2. The first-order valence-corrected chi connectivity index (χ1v) is 11.4. The molecule has 1 N–H and O–H groups in total. The Morgan fingerprint density at radius 3 is 2.85 bits per heavy atom. The van der Waals surface area contributed by atoms with E-state index in [1.807, 2.05) is 23.6 Å². The maximum Gasteiger partial charge on any atom is 0.387 e. The van der Waals surface area contributed by atoms with E-state index >= 15 is 0 Å². The van der Waals surface area contributed by atoms with Crippen LogP contribution in [-0.2, 0) is 16.1 Å². The standard InChI is InChI=1S/C23H21F2N3O4S/c24-22(25)32-16-6-4-15(5-7-16)26-23-28(11-17-2-1-9-30-17)19(13-33-23)14-3-8-20-18(10-14)27-21(29)12-31-20/h3-8,10,13,17,22H,1-2,9,11-12H2,(H,27,29)/t17-/m0/s1. The maximum absolute atomic E-state index is 12.4. The molecule has 5 rings (SSSR count). The van der Waals surface area contributed by atoms with Gasteiger partial charge in [-0.25, -0.2) is 4.99 Å². The summed E-state index contributed by atoms with van der Waals surface area (Å²) in [6, 6.07) is 11.9. The SMILES string of the molecule is O=C1COc2ccc(-c3csc(=Nc4ccc(OC(F)F)cc4)n3C[C@@H]3CCCO3)cc2N1. The summed E-state index contributed by atoms with van der Waals surface area (Å²) in [5, 5.41) is 4.85. The summed E-state index contributed by atoms with van der Waals surface area (Å²) in [6.45, 7) is -1.49. The second kappa shape index (κ2) is 9.32. The fourth-order valence-corrected chi connectivity index (χ4v) is 4.81. The number of alkyl halides is 2. The summed E-state index contributed by atoms with van der Waals surface area (Å²) >= 11 is 1.47. The summed E-state index contributed by atoms with van der Waals surface area (Å²) < 4.78 is 42.7. The van der Waals surface area contributed by atoms with Gasteiger partial charge >= 0.3 is 6.61 Å². The average molecular weight is 474 g/mol. The number of ether oxygens (including phenoxy) is 3. The van der Waals surface area contributed by atoms with Gasteiger partial charge in [-0.15, -0.1) is 11.3 Å². The van der Waals surface area contributed by atoms with Crippen LogP contribution in [0.5, 0.6) is 11.5 Å². The number of thiazole rings is 1. The normalized spacial score (nSPS) is 18.2. The average Bonchev–Trinajstić information content (AvgIpc) is 3.45. The molecule has 172 valence electrons. The Balaban J connectivity index is 1.52. The van der Waals surface area contributed by atoms with Crippen molar-refractivity contribution < 1.29 is 27.8 Å². The van der Waals surface area contributed by atoms with Crippen LogP contribution < -0.4 is 19.6 Å². The van der Waals surface area contributed by atoms with Gasteiger partial charge < -0.3 is 24.1 Å². The first kappa shape index (κ1) is 21.6. The number of aromatic nitrogens is 1. The Bertz CT molecular complexity index is 1220. The molecule has 1 saturated heterocycles. The van der Waals surface area contributed by atoms with E-state index in [1.165, 1.54) is 23.5 Å². The van der Waals surface area contributed by atoms with Crippen LogP contribution in [0, 0.1) is 0 Å². The van der Waals surface area contributed by atoms with Crippen LogP contribution in [0.1, 0.15) is 12.8 Å². The lowest BCUT2D eigenvalue weighted by Gasteiger charge is -2.19. The van der Waals surface area contributed by atoms with Crippen molar-refractivity contribution in [3.63, 3.8) is 0 Å². The van der Waals surface area contributed by atoms with Crippen molar-refractivity contribution in [2.75, 3.05) is 18.5 Å². The molecule has 1 aromatic heterocycles. The number of hydrogen-bond acceptors (Lipinski definition) is 6. The van der Waals surface area contributed by atoms with Gasteiger partial charge in [0, 0.05) is 17.6 Å². The first-order chi connectivity index (χ1) is 16.0. The first-order valence-electron chi connectivity index (χ1n) is 10.5. The van der Waals surface area contributed by atoms with Gasteiger partial charge in [-0.2, -0.15) is 8.78 Å². The van der Waals surface area contributed by atoms with Crippen molar-refractivity contribution in [2.24, 2.45) is 4.99 Å². The molecule has 2 aliphatic heterocycles. The van der Waals surface area contributed by atoms with Gasteiger partial charge in [-0.3, -0.25) is 4.79 Å². The third-order valence-electron chi connectivity index (χ3n) is 5.40. The van der Waals surface area contributed by atoms with E-state index in [0.717, 1.165) is 35.5 Å². The number of anilines is 1. The molecule has 2 aliphatic rings. The molecule has 0 spiro atoms. The van der Waals surface area contributed by atoms with Gasteiger partial charge in [0.25, 0.3) is 5.91 Å². The highest BCUT2D eigenvalue weighted by Crippen LogP contribution is 2.33. The Labute approximate surface area is 192 Å². The molecular weight excluding hydrogens is 452 g/mol. The zero-order chi connectivity index (χ0) is 22.8. The number of benzene rings is 2. The molecule has 3 aromatic rings. The zero-order valence-corrected chi connectivity index (χ0v) is 18.3. The van der Waals surface area contributed by atoms with Crippen LogP contribution in [0.15, 0.2) is 52.8 Å². The van der Waals surface area contributed by atoms with Crippen molar-refractivity contribution in [2.45, 2.75) is 32.1 Å². The Kier molecular flexibility index (Phi) is 6.10. The summed E-state index contributed by atoms with van der Waals surface area (Å²) in [5.74, 6) is 0.531. The lowest BCUT2D eigenvalue weighted by Crippen LogP contribution is -2.25. The lowest BCUT2D eigenvalue weighted by atomic mass is 10.1. The highest BCUT2D eigenvalue weighted by atomic mass is 32.1. The molecule has 10 heteroatoms. The molecule has 33 heavy (non-hydrogen) atoms. The largest absolute Gasteiger partial charge is 0.482 e. The second-order valence-electron chi connectivity index (χ2n) is 7.68. The molecule has 0 saturated carbocycles. The van der Waals surface area contributed by atoms with E-state index in [0.29, 0.717) is 23.7 Å². The van der Waals surface area contributed by atoms with E-state index in [1.54, 1.807) is 12.1 Å². The number of hydrogen-bond donors (Lipinski definition) is 1. The topological polar surface area (TPSA) is 74.1 Å². The van der Waals surface area contributed by atoms with Gasteiger partial charge in [0.05, 0.1) is 29.7 Å². The van der Waals surface area contributed by atoms with Crippen molar-refractivity contribution in [1.29, 1.82) is 0 Å². The predicted octanol–water partition coefficient (Wildman–Crippen LogP) is 4.56. The predicted molar refractivity (Wildman–Crippen MR) is 119 cm³/mol. The van der Waals surface area contributed by atoms with E-state index < -0.39 is 6.61 Å². The number of carbonyl (C=O) groups excluding carboxylic acids is 1. The molecule has 0 bridgehead atoms. The van der Waals surface area contributed by atoms with E-state index in [9.17, 15) is 13.6 Å². The molecular formula is C23H21F2N3O4S. The molecule has 0 unspecified atom stereocenters. The summed E-state index contributed by atoms with van der Waals surface area (Å²) in [7, 11) is 0. The molecule has 1 atom stereocenters. The van der Waals surface area contributed by atoms with Crippen LogP contribution in [-0.4, -0.2) is 36.4 Å². The third-order valence-corrected chi connectivity index (χ3v) is 6.27. The smallest absolute Gasteiger partial charge is 0.387 e. The van der Waals surface area contributed by atoms with Crippen LogP contribution in [0.4, 0.5) is 20.2 Å². The Morgan fingerprint density at radius 1 is 1.24 bits per heavy atom. The van der Waals surface area contributed by atoms with Crippen LogP contribution in [0.2, 0.25) is 0 Å². The zero-order valence-electron chi connectivity index (χ0n) is 17.5. The monoisotopic (exact) mass is 473 g/mol. The fourth-order valence-electron chi connectivity index (χ4n) is 3.87. The van der Waals surface area contributed by atoms with Gasteiger partial charge in [-0.1, -0.05) is 0 Å². The highest BCUT2D eigenvalue weighted by molar-refractivity contribution is 7.07. The van der Waals surface area contributed by atoms with Gasteiger partial charge in [0.1, 0.15) is 11.5 Å². The number of fused-ring (bicyclic) bond motifs is 1. The van der Waals surface area contributed by atoms with Crippen molar-refractivity contribution in [1.82, 2.24) is 4.57 Å². The van der Waals surface area contributed by atoms with Crippen molar-refractivity contribution in [3.8, 4) is 22.8 Å². The minimum absolute atomic E-state index is 0.00792. The third kappa shape index (κ3) is 4.91. The second-order valence-corrected chi connectivity index (χ2v) is 8.52. The highest BCUT2D eigenvalue weighted by Gasteiger charge is 2.21. The molecule has 2 aromatic carbocycles.